The number of thiophene rings is 1. The minimum atomic E-state index is -0.634. The Morgan fingerprint density at radius 3 is 2.86 bits per heavy atom. The summed E-state index contributed by atoms with van der Waals surface area (Å²) in [5, 5.41) is 16.7. The highest BCUT2D eigenvalue weighted by Crippen LogP contribution is 2.45. The molecule has 2 aromatic heterocycles. The topological polar surface area (TPSA) is 87.8 Å². The van der Waals surface area contributed by atoms with Crippen LogP contribution >= 0.6 is 34.5 Å². The van der Waals surface area contributed by atoms with E-state index < -0.39 is 11.5 Å². The fraction of sp³-hybridized carbons (Fsp3) is 0.500. The third-order valence-electron chi connectivity index (χ3n) is 5.88. The lowest BCUT2D eigenvalue weighted by Crippen LogP contribution is -2.29. The molecule has 1 unspecified atom stereocenters. The molecule has 0 aliphatic heterocycles. The molecule has 154 valence electrons. The summed E-state index contributed by atoms with van der Waals surface area (Å²) in [4.78, 5) is 25.7. The van der Waals surface area contributed by atoms with Gasteiger partial charge in [-0.05, 0) is 36.2 Å². The number of hydrogen-bond donors (Lipinski definition) is 1. The lowest BCUT2D eigenvalue weighted by molar-refractivity contribution is -0.117. The molecule has 1 aliphatic carbocycles. The summed E-state index contributed by atoms with van der Waals surface area (Å²) in [7, 11) is 0. The first-order valence-electron chi connectivity index (χ1n) is 9.43. The molecule has 6 nitrogen and oxygen atoms in total. The van der Waals surface area contributed by atoms with Crippen LogP contribution in [0.4, 0.5) is 5.00 Å². The number of rotatable bonds is 5. The first-order valence-corrected chi connectivity index (χ1v) is 11.0. The summed E-state index contributed by atoms with van der Waals surface area (Å²) >= 11 is 13.0. The van der Waals surface area contributed by atoms with Crippen molar-refractivity contribution < 1.29 is 4.79 Å². The molecule has 1 atom stereocenters. The normalized spacial score (nSPS) is 16.2. The third-order valence-corrected chi connectivity index (χ3v) is 7.80. The number of carbonyl (C=O) groups is 1. The second-order valence-electron chi connectivity index (χ2n) is 7.92. The van der Waals surface area contributed by atoms with Crippen LogP contribution in [0.25, 0.3) is 0 Å². The predicted molar refractivity (Wildman–Crippen MR) is 116 cm³/mol. The average molecular weight is 453 g/mol. The van der Waals surface area contributed by atoms with Crippen molar-refractivity contribution in [2.24, 2.45) is 11.3 Å². The largest absolute Gasteiger partial charge is 0.315 e. The Balaban J connectivity index is 1.81. The highest BCUT2D eigenvalue weighted by Gasteiger charge is 2.34. The molecular formula is C20H22Cl2N4O2S. The van der Waals surface area contributed by atoms with E-state index in [1.165, 1.54) is 22.4 Å². The molecule has 0 radical (unpaired) electrons. The van der Waals surface area contributed by atoms with E-state index in [0.29, 0.717) is 16.5 Å². The molecule has 0 aromatic carbocycles. The summed E-state index contributed by atoms with van der Waals surface area (Å²) in [6.45, 7) is 6.46. The van der Waals surface area contributed by atoms with E-state index in [9.17, 15) is 14.9 Å². The highest BCUT2D eigenvalue weighted by atomic mass is 35.5. The summed E-state index contributed by atoms with van der Waals surface area (Å²) in [6.07, 6.45) is 5.11. The number of fused-ring (bicyclic) bond motifs is 1. The molecule has 1 N–H and O–H groups in total. The van der Waals surface area contributed by atoms with Gasteiger partial charge < -0.3 is 5.32 Å². The molecule has 0 saturated heterocycles. The Kier molecular flexibility index (Phi) is 6.37. The van der Waals surface area contributed by atoms with E-state index in [-0.39, 0.29) is 22.0 Å². The van der Waals surface area contributed by atoms with Crippen LogP contribution < -0.4 is 10.9 Å². The molecule has 1 aliphatic rings. The van der Waals surface area contributed by atoms with Gasteiger partial charge in [0.2, 0.25) is 5.91 Å². The van der Waals surface area contributed by atoms with Crippen LogP contribution in [0.5, 0.6) is 0 Å². The standard InChI is InChI=1S/C20H22Cl2N4O2S/c1-4-20(2,3)11-5-6-12-13(8-23)18(29-15(12)7-11)25-16(27)10-26-19(28)17(22)14(21)9-24-26/h9,11H,4-7,10H2,1-3H3,(H,25,27). The van der Waals surface area contributed by atoms with E-state index in [0.717, 1.165) is 35.9 Å². The Hall–Kier alpha value is -1.88. The van der Waals surface area contributed by atoms with Gasteiger partial charge in [0, 0.05) is 4.88 Å². The maximum absolute atomic E-state index is 12.5. The maximum Gasteiger partial charge on any atom is 0.287 e. The zero-order valence-electron chi connectivity index (χ0n) is 16.5. The predicted octanol–water partition coefficient (Wildman–Crippen LogP) is 4.66. The number of hydrogen-bond acceptors (Lipinski definition) is 5. The molecule has 29 heavy (non-hydrogen) atoms. The van der Waals surface area contributed by atoms with Crippen LogP contribution in [0.2, 0.25) is 10.0 Å². The van der Waals surface area contributed by atoms with Crippen molar-refractivity contribution >= 4 is 45.4 Å². The molecular weight excluding hydrogens is 431 g/mol. The molecule has 1 amide bonds. The monoisotopic (exact) mass is 452 g/mol. The van der Waals surface area contributed by atoms with Crippen LogP contribution in [0.1, 0.15) is 49.6 Å². The first kappa shape index (κ1) is 21.8. The number of nitrogens with one attached hydrogen (secondary N) is 1. The van der Waals surface area contributed by atoms with Crippen LogP contribution in [0, 0.1) is 22.7 Å². The minimum absolute atomic E-state index is 0.0376. The zero-order chi connectivity index (χ0) is 21.3. The molecule has 2 heterocycles. The molecule has 0 spiro atoms. The Bertz CT molecular complexity index is 1050. The van der Waals surface area contributed by atoms with Crippen molar-refractivity contribution in [1.29, 1.82) is 5.26 Å². The average Bonchev–Trinajstić information content (AvgIpc) is 3.04. The van der Waals surface area contributed by atoms with E-state index in [2.05, 4.69) is 37.3 Å². The smallest absolute Gasteiger partial charge is 0.287 e. The molecule has 9 heteroatoms. The number of halogens is 2. The van der Waals surface area contributed by atoms with E-state index in [1.54, 1.807) is 0 Å². The van der Waals surface area contributed by atoms with Gasteiger partial charge in [-0.25, -0.2) is 4.68 Å². The van der Waals surface area contributed by atoms with Gasteiger partial charge in [-0.15, -0.1) is 11.3 Å². The zero-order valence-corrected chi connectivity index (χ0v) is 18.8. The van der Waals surface area contributed by atoms with Gasteiger partial charge in [0.05, 0.1) is 16.8 Å². The number of amides is 1. The summed E-state index contributed by atoms with van der Waals surface area (Å²) < 4.78 is 0.947. The summed E-state index contributed by atoms with van der Waals surface area (Å²) in [5.74, 6) is 0.103. The number of anilines is 1. The van der Waals surface area contributed by atoms with Crippen molar-refractivity contribution in [3.05, 3.63) is 42.6 Å². The number of nitrogens with zero attached hydrogens (tertiary/aromatic N) is 3. The number of carbonyl (C=O) groups excluding carboxylic acids is 1. The third kappa shape index (κ3) is 4.35. The lowest BCUT2D eigenvalue weighted by atomic mass is 9.69. The van der Waals surface area contributed by atoms with Crippen molar-refractivity contribution in [3.63, 3.8) is 0 Å². The van der Waals surface area contributed by atoms with Gasteiger partial charge >= 0.3 is 0 Å². The van der Waals surface area contributed by atoms with Gasteiger partial charge in [-0.2, -0.15) is 10.4 Å². The lowest BCUT2D eigenvalue weighted by Gasteiger charge is -2.36. The molecule has 0 bridgehead atoms. The van der Waals surface area contributed by atoms with Gasteiger partial charge in [0.1, 0.15) is 22.6 Å². The van der Waals surface area contributed by atoms with E-state index in [1.807, 2.05) is 0 Å². The molecule has 0 fully saturated rings. The maximum atomic E-state index is 12.5. The summed E-state index contributed by atoms with van der Waals surface area (Å²) in [6, 6.07) is 2.24. The van der Waals surface area contributed by atoms with E-state index >= 15 is 0 Å². The van der Waals surface area contributed by atoms with Gasteiger partial charge in [-0.1, -0.05) is 50.4 Å². The second kappa shape index (κ2) is 8.47. The molecule has 3 rings (SSSR count). The molecule has 0 saturated carbocycles. The summed E-state index contributed by atoms with van der Waals surface area (Å²) in [5.41, 5.74) is 1.17. The minimum Gasteiger partial charge on any atom is -0.315 e. The van der Waals surface area contributed by atoms with Crippen LogP contribution in [0.15, 0.2) is 11.0 Å². The van der Waals surface area contributed by atoms with Gasteiger partial charge in [0.25, 0.3) is 5.56 Å². The Morgan fingerprint density at radius 1 is 1.48 bits per heavy atom. The van der Waals surface area contributed by atoms with Crippen LogP contribution in [0.3, 0.4) is 0 Å². The second-order valence-corrected chi connectivity index (χ2v) is 9.81. The Morgan fingerprint density at radius 2 is 2.21 bits per heavy atom. The highest BCUT2D eigenvalue weighted by molar-refractivity contribution is 7.16. The fourth-order valence-corrected chi connectivity index (χ4v) is 5.17. The van der Waals surface area contributed by atoms with Crippen molar-refractivity contribution in [3.8, 4) is 6.07 Å². The van der Waals surface area contributed by atoms with Crippen molar-refractivity contribution in [2.75, 3.05) is 5.32 Å². The quantitative estimate of drug-likeness (QED) is 0.713. The SMILES string of the molecule is CCC(C)(C)C1CCc2c(sc(NC(=O)Cn3ncc(Cl)c(Cl)c3=O)c2C#N)C1. The van der Waals surface area contributed by atoms with Crippen molar-refractivity contribution in [2.45, 2.75) is 53.0 Å². The Labute approximate surface area is 183 Å². The molecule has 2 aromatic rings. The van der Waals surface area contributed by atoms with Crippen LogP contribution in [-0.2, 0) is 24.2 Å². The first-order chi connectivity index (χ1) is 13.7. The van der Waals surface area contributed by atoms with Gasteiger partial charge in [0.15, 0.2) is 0 Å². The van der Waals surface area contributed by atoms with Crippen LogP contribution in [-0.4, -0.2) is 15.7 Å². The van der Waals surface area contributed by atoms with Crippen molar-refractivity contribution in [1.82, 2.24) is 9.78 Å². The number of aromatic nitrogens is 2. The van der Waals surface area contributed by atoms with E-state index in [4.69, 9.17) is 23.2 Å². The number of nitriles is 1. The van der Waals surface area contributed by atoms with Gasteiger partial charge in [-0.3, -0.25) is 9.59 Å². The fourth-order valence-electron chi connectivity index (χ4n) is 3.61.